The molecule has 0 aliphatic heterocycles. The Bertz CT molecular complexity index is 436. The number of aliphatic hydroxyl groups is 1. The smallest absolute Gasteiger partial charge is 0.251 e. The number of amides is 1. The number of nitrogens with one attached hydrogen (secondary N) is 1. The normalized spacial score (nSPS) is 12.1. The lowest BCUT2D eigenvalue weighted by Crippen LogP contribution is -2.24. The lowest BCUT2D eigenvalue weighted by molar-refractivity contribution is 0.0952. The second-order valence-corrected chi connectivity index (χ2v) is 5.10. The zero-order valence-corrected chi connectivity index (χ0v) is 11.4. The van der Waals surface area contributed by atoms with E-state index in [-0.39, 0.29) is 17.4 Å². The minimum atomic E-state index is -2.32. The molecule has 0 bridgehead atoms. The topological polar surface area (TPSA) is 89.5 Å². The molecular weight excluding hydrogens is 266 g/mol. The monoisotopic (exact) mass is 284 g/mol. The lowest BCUT2D eigenvalue weighted by atomic mass is 10.2. The molecule has 0 spiro atoms. The molecule has 0 aliphatic carbocycles. The van der Waals surface area contributed by atoms with E-state index in [9.17, 15) is 13.6 Å². The molecule has 0 radical (unpaired) electrons. The van der Waals surface area contributed by atoms with Crippen molar-refractivity contribution < 1.29 is 18.7 Å². The average Bonchev–Trinajstić information content (AvgIpc) is 2.42. The van der Waals surface area contributed by atoms with E-state index in [1.807, 2.05) is 0 Å². The van der Waals surface area contributed by atoms with Crippen LogP contribution in [0, 0.1) is 0 Å². The molecule has 2 N–H and O–H groups in total. The maximum Gasteiger partial charge on any atom is 0.251 e. The Kier molecular flexibility index (Phi) is 7.32. The molecule has 0 saturated carbocycles. The molecule has 19 heavy (non-hydrogen) atoms. The van der Waals surface area contributed by atoms with Gasteiger partial charge in [0.05, 0.1) is 0 Å². The Labute approximate surface area is 115 Å². The molecule has 0 saturated heterocycles. The number of aliphatic hydroxyl groups excluding tert-OH is 1. The van der Waals surface area contributed by atoms with Crippen LogP contribution >= 0.6 is 0 Å². The van der Waals surface area contributed by atoms with Gasteiger partial charge in [-0.3, -0.25) is 9.00 Å². The van der Waals surface area contributed by atoms with Crippen molar-refractivity contribution in [2.45, 2.75) is 30.6 Å². The van der Waals surface area contributed by atoms with Crippen molar-refractivity contribution in [3.05, 3.63) is 29.8 Å². The first kappa shape index (κ1) is 15.8. The van der Waals surface area contributed by atoms with Gasteiger partial charge in [-0.25, -0.2) is 0 Å². The van der Waals surface area contributed by atoms with Gasteiger partial charge in [0.15, 0.2) is 0 Å². The second kappa shape index (κ2) is 8.79. The predicted molar refractivity (Wildman–Crippen MR) is 71.5 cm³/mol. The molecule has 5 nitrogen and oxygen atoms in total. The maximum atomic E-state index is 11.8. The van der Waals surface area contributed by atoms with Gasteiger partial charge in [0.1, 0.15) is 0 Å². The van der Waals surface area contributed by atoms with Crippen LogP contribution in [0.25, 0.3) is 0 Å². The van der Waals surface area contributed by atoms with E-state index in [1.165, 1.54) is 12.1 Å². The number of benzene rings is 1. The van der Waals surface area contributed by atoms with Crippen LogP contribution in [0.3, 0.4) is 0 Å². The Balaban J connectivity index is 2.37. The van der Waals surface area contributed by atoms with Crippen LogP contribution in [0.1, 0.15) is 36.0 Å². The molecule has 1 aromatic carbocycles. The van der Waals surface area contributed by atoms with Crippen molar-refractivity contribution in [3.63, 3.8) is 0 Å². The Morgan fingerprint density at radius 1 is 1.26 bits per heavy atom. The first-order valence-corrected chi connectivity index (χ1v) is 7.31. The van der Waals surface area contributed by atoms with Gasteiger partial charge >= 0.3 is 0 Å². The quantitative estimate of drug-likeness (QED) is 0.554. The van der Waals surface area contributed by atoms with Crippen molar-refractivity contribution in [3.8, 4) is 0 Å². The van der Waals surface area contributed by atoms with Crippen LogP contribution in [-0.4, -0.2) is 32.9 Å². The highest BCUT2D eigenvalue weighted by atomic mass is 32.2. The second-order valence-electron chi connectivity index (χ2n) is 4.16. The molecule has 1 unspecified atom stereocenters. The highest BCUT2D eigenvalue weighted by Crippen LogP contribution is 2.08. The van der Waals surface area contributed by atoms with Crippen molar-refractivity contribution in [2.75, 3.05) is 13.2 Å². The number of carbonyl (C=O) groups excluding carboxylic acids is 1. The van der Waals surface area contributed by atoms with E-state index in [1.54, 1.807) is 12.1 Å². The molecule has 1 aromatic rings. The van der Waals surface area contributed by atoms with E-state index in [4.69, 9.17) is 5.11 Å². The van der Waals surface area contributed by atoms with Gasteiger partial charge in [0.25, 0.3) is 5.91 Å². The van der Waals surface area contributed by atoms with Crippen molar-refractivity contribution in [2.24, 2.45) is 0 Å². The summed E-state index contributed by atoms with van der Waals surface area (Å²) in [5.41, 5.74) is 0.344. The Hall–Kier alpha value is -1.24. The maximum absolute atomic E-state index is 11.8. The highest BCUT2D eigenvalue weighted by molar-refractivity contribution is 7.79. The lowest BCUT2D eigenvalue weighted by Gasteiger charge is -2.08. The zero-order chi connectivity index (χ0) is 14.1. The summed E-state index contributed by atoms with van der Waals surface area (Å²) < 4.78 is 21.6. The molecule has 1 amide bonds. The number of hydrogen-bond donors (Lipinski definition) is 2. The van der Waals surface area contributed by atoms with Gasteiger partial charge in [-0.2, -0.15) is 0 Å². The standard InChI is InChI=1S/C13H19NO4S/c15-9-4-2-1-3-8-14-13(16)11-6-5-7-12(10-11)19(17)18/h5-7,10,15H,1-4,8-9H2,(H,14,16)(H,17,18)/p-1. The molecule has 6 heteroatoms. The minimum absolute atomic E-state index is 0.107. The fourth-order valence-corrected chi connectivity index (χ4v) is 2.05. The summed E-state index contributed by atoms with van der Waals surface area (Å²) in [5.74, 6) is -0.269. The van der Waals surface area contributed by atoms with Crippen LogP contribution in [-0.2, 0) is 11.1 Å². The Morgan fingerprint density at radius 2 is 2.00 bits per heavy atom. The van der Waals surface area contributed by atoms with E-state index in [0.29, 0.717) is 12.1 Å². The van der Waals surface area contributed by atoms with Crippen molar-refractivity contribution in [1.29, 1.82) is 0 Å². The zero-order valence-electron chi connectivity index (χ0n) is 10.6. The largest absolute Gasteiger partial charge is 0.768 e. The van der Waals surface area contributed by atoms with Crippen LogP contribution in [0.4, 0.5) is 0 Å². The fourth-order valence-electron chi connectivity index (χ4n) is 1.64. The number of unbranched alkanes of at least 4 members (excludes halogenated alkanes) is 3. The van der Waals surface area contributed by atoms with Crippen LogP contribution < -0.4 is 5.32 Å². The van der Waals surface area contributed by atoms with E-state index in [0.717, 1.165) is 25.7 Å². The number of carbonyl (C=O) groups is 1. The van der Waals surface area contributed by atoms with Crippen LogP contribution in [0.15, 0.2) is 29.2 Å². The van der Waals surface area contributed by atoms with E-state index < -0.39 is 11.1 Å². The summed E-state index contributed by atoms with van der Waals surface area (Å²) in [7, 11) is 0. The summed E-state index contributed by atoms with van der Waals surface area (Å²) in [4.78, 5) is 11.9. The van der Waals surface area contributed by atoms with E-state index >= 15 is 0 Å². The Morgan fingerprint density at radius 3 is 2.68 bits per heavy atom. The summed E-state index contributed by atoms with van der Waals surface area (Å²) in [6.45, 7) is 0.750. The third kappa shape index (κ3) is 5.96. The van der Waals surface area contributed by atoms with Gasteiger partial charge in [-0.1, -0.05) is 18.9 Å². The van der Waals surface area contributed by atoms with Gasteiger partial charge < -0.3 is 15.0 Å². The predicted octanol–water partition coefficient (Wildman–Crippen LogP) is 1.21. The molecule has 0 fully saturated rings. The summed E-state index contributed by atoms with van der Waals surface area (Å²) >= 11 is -2.32. The first-order valence-electron chi connectivity index (χ1n) is 6.23. The van der Waals surface area contributed by atoms with Crippen molar-refractivity contribution in [1.82, 2.24) is 5.32 Å². The van der Waals surface area contributed by atoms with Gasteiger partial charge in [-0.15, -0.1) is 0 Å². The van der Waals surface area contributed by atoms with Crippen LogP contribution in [0.2, 0.25) is 0 Å². The molecule has 1 atom stereocenters. The molecule has 106 valence electrons. The first-order chi connectivity index (χ1) is 9.15. The molecule has 0 heterocycles. The molecule has 0 aliphatic rings. The summed E-state index contributed by atoms with van der Waals surface area (Å²) in [6.07, 6.45) is 3.52. The highest BCUT2D eigenvalue weighted by Gasteiger charge is 2.05. The summed E-state index contributed by atoms with van der Waals surface area (Å²) in [6, 6.07) is 5.91. The van der Waals surface area contributed by atoms with Crippen molar-refractivity contribution >= 4 is 17.0 Å². The number of hydrogen-bond acceptors (Lipinski definition) is 4. The molecule has 0 aromatic heterocycles. The fraction of sp³-hybridized carbons (Fsp3) is 0.462. The van der Waals surface area contributed by atoms with E-state index in [2.05, 4.69) is 5.32 Å². The SMILES string of the molecule is O=C(NCCCCCCO)c1cccc(S(=O)[O-])c1. The van der Waals surface area contributed by atoms with Gasteiger partial charge in [-0.05, 0) is 42.1 Å². The molecular formula is C13H18NO4S-. The average molecular weight is 284 g/mol. The number of rotatable bonds is 8. The minimum Gasteiger partial charge on any atom is -0.768 e. The van der Waals surface area contributed by atoms with Crippen LogP contribution in [0.5, 0.6) is 0 Å². The third-order valence-corrected chi connectivity index (χ3v) is 3.30. The van der Waals surface area contributed by atoms with Gasteiger partial charge in [0.2, 0.25) is 0 Å². The molecule has 1 rings (SSSR count). The summed E-state index contributed by atoms with van der Waals surface area (Å²) in [5, 5.41) is 11.3. The third-order valence-electron chi connectivity index (χ3n) is 2.66. The van der Waals surface area contributed by atoms with Gasteiger partial charge in [0, 0.05) is 23.6 Å².